The molecule has 0 bridgehead atoms. The van der Waals surface area contributed by atoms with Gasteiger partial charge in [0.25, 0.3) is 0 Å². The topological polar surface area (TPSA) is 82.5 Å². The highest BCUT2D eigenvalue weighted by molar-refractivity contribution is 8.00. The molecule has 7 nitrogen and oxygen atoms in total. The van der Waals surface area contributed by atoms with E-state index in [1.54, 1.807) is 24.2 Å². The second-order valence-corrected chi connectivity index (χ2v) is 10.6. The van der Waals surface area contributed by atoms with E-state index < -0.39 is 0 Å². The van der Waals surface area contributed by atoms with Crippen LogP contribution >= 0.6 is 11.8 Å². The molecule has 2 aromatic carbocycles. The Morgan fingerprint density at radius 1 is 0.861 bits per heavy atom. The van der Waals surface area contributed by atoms with E-state index in [4.69, 9.17) is 9.51 Å². The van der Waals surface area contributed by atoms with Crippen LogP contribution in [0.2, 0.25) is 0 Å². The van der Waals surface area contributed by atoms with Crippen molar-refractivity contribution >= 4 is 11.8 Å². The molecule has 0 unspecified atom stereocenters. The number of aryl methyl sites for hydroxylation is 2. The molecule has 0 amide bonds. The number of nitrogens with zero attached hydrogens (tertiary/aromatic N) is 6. The Bertz CT molecular complexity index is 1490. The van der Waals surface area contributed by atoms with E-state index in [-0.39, 0.29) is 4.75 Å². The van der Waals surface area contributed by atoms with Crippen molar-refractivity contribution < 1.29 is 4.52 Å². The molecule has 1 saturated carbocycles. The quantitative estimate of drug-likeness (QED) is 0.264. The number of hydrogen-bond donors (Lipinski definition) is 0. The molecule has 0 saturated heterocycles. The molecule has 1 fully saturated rings. The Morgan fingerprint density at radius 2 is 1.61 bits per heavy atom. The lowest BCUT2D eigenvalue weighted by molar-refractivity contribution is 0.340. The molecule has 0 spiro atoms. The van der Waals surface area contributed by atoms with Crippen LogP contribution < -0.4 is 0 Å². The van der Waals surface area contributed by atoms with Gasteiger partial charge in [-0.25, -0.2) is 0 Å². The van der Waals surface area contributed by atoms with Crippen LogP contribution in [0.3, 0.4) is 0 Å². The van der Waals surface area contributed by atoms with Crippen LogP contribution in [-0.2, 0) is 4.75 Å². The van der Waals surface area contributed by atoms with Crippen LogP contribution in [0.4, 0.5) is 0 Å². The summed E-state index contributed by atoms with van der Waals surface area (Å²) in [6.45, 7) is 4.18. The zero-order valence-electron chi connectivity index (χ0n) is 20.3. The summed E-state index contributed by atoms with van der Waals surface area (Å²) in [6, 6.07) is 20.4. The van der Waals surface area contributed by atoms with Gasteiger partial charge in [0.1, 0.15) is 4.75 Å². The maximum Gasteiger partial charge on any atom is 0.243 e. The molecule has 8 heteroatoms. The smallest absolute Gasteiger partial charge is 0.243 e. The third-order valence-corrected chi connectivity index (χ3v) is 8.17. The van der Waals surface area contributed by atoms with Crippen molar-refractivity contribution in [3.8, 4) is 28.5 Å². The third-order valence-electron chi connectivity index (χ3n) is 6.75. The number of hydrogen-bond acceptors (Lipinski definition) is 7. The van der Waals surface area contributed by atoms with Gasteiger partial charge in [-0.1, -0.05) is 77.8 Å². The Balaban J connectivity index is 1.43. The minimum absolute atomic E-state index is 0.348. The fourth-order valence-corrected chi connectivity index (χ4v) is 6.13. The van der Waals surface area contributed by atoms with Crippen LogP contribution in [0.5, 0.6) is 0 Å². The number of thioether (sulfide) groups is 1. The minimum atomic E-state index is -0.348. The standard InChI is InChI=1S/C28H26N6OS/c1-19-9-11-21(12-10-19)24-30-26(35-33-24)28(15-5-6-16-28)36-27-32-31-25(22-13-17-29-18-14-22)34(27)23-8-4-3-7-20(23)2/h3-4,7-14,17-18H,5-6,15-16H2,1-2H3. The van der Waals surface area contributed by atoms with Gasteiger partial charge >= 0.3 is 0 Å². The Hall–Kier alpha value is -3.78. The normalized spacial score (nSPS) is 14.8. The second-order valence-electron chi connectivity index (χ2n) is 9.26. The molecule has 0 atom stereocenters. The van der Waals surface area contributed by atoms with E-state index in [9.17, 15) is 0 Å². The van der Waals surface area contributed by atoms with E-state index in [1.807, 2.05) is 36.4 Å². The van der Waals surface area contributed by atoms with E-state index in [0.29, 0.717) is 11.7 Å². The number of para-hydroxylation sites is 1. The maximum atomic E-state index is 5.92. The van der Waals surface area contributed by atoms with Crippen molar-refractivity contribution in [2.24, 2.45) is 0 Å². The van der Waals surface area contributed by atoms with Crippen molar-refractivity contribution in [1.82, 2.24) is 29.9 Å². The van der Waals surface area contributed by atoms with Gasteiger partial charge in [-0.05, 0) is 50.5 Å². The number of pyridine rings is 1. The average Bonchev–Trinajstić information content (AvgIpc) is 3.66. The van der Waals surface area contributed by atoms with Gasteiger partial charge in [-0.2, -0.15) is 4.98 Å². The molecular formula is C28H26N6OS. The molecule has 3 heterocycles. The van der Waals surface area contributed by atoms with Gasteiger partial charge in [0.15, 0.2) is 11.0 Å². The van der Waals surface area contributed by atoms with Crippen molar-refractivity contribution in [2.75, 3.05) is 0 Å². The lowest BCUT2D eigenvalue weighted by Gasteiger charge is -2.24. The summed E-state index contributed by atoms with van der Waals surface area (Å²) >= 11 is 1.69. The largest absolute Gasteiger partial charge is 0.337 e. The monoisotopic (exact) mass is 494 g/mol. The van der Waals surface area contributed by atoms with Gasteiger partial charge in [0.05, 0.1) is 5.69 Å². The lowest BCUT2D eigenvalue weighted by atomic mass is 10.1. The van der Waals surface area contributed by atoms with Crippen molar-refractivity contribution in [1.29, 1.82) is 0 Å². The van der Waals surface area contributed by atoms with E-state index in [0.717, 1.165) is 59.0 Å². The molecule has 5 aromatic rings. The van der Waals surface area contributed by atoms with Gasteiger partial charge in [0.2, 0.25) is 11.7 Å². The minimum Gasteiger partial charge on any atom is -0.337 e. The second kappa shape index (κ2) is 9.35. The van der Waals surface area contributed by atoms with E-state index >= 15 is 0 Å². The maximum absolute atomic E-state index is 5.92. The van der Waals surface area contributed by atoms with E-state index in [1.165, 1.54) is 5.56 Å². The predicted molar refractivity (Wildman–Crippen MR) is 140 cm³/mol. The Morgan fingerprint density at radius 3 is 2.36 bits per heavy atom. The van der Waals surface area contributed by atoms with Crippen molar-refractivity contribution in [3.63, 3.8) is 0 Å². The van der Waals surface area contributed by atoms with E-state index in [2.05, 4.69) is 63.0 Å². The van der Waals surface area contributed by atoms with Crippen molar-refractivity contribution in [2.45, 2.75) is 49.4 Å². The summed E-state index contributed by atoms with van der Waals surface area (Å²) in [6.07, 6.45) is 7.65. The summed E-state index contributed by atoms with van der Waals surface area (Å²) in [5.74, 6) is 2.06. The van der Waals surface area contributed by atoms with Crippen LogP contribution in [0.15, 0.2) is 82.7 Å². The molecule has 0 aliphatic heterocycles. The van der Waals surface area contributed by atoms with Crippen LogP contribution in [-0.4, -0.2) is 29.9 Å². The highest BCUT2D eigenvalue weighted by atomic mass is 32.2. The summed E-state index contributed by atoms with van der Waals surface area (Å²) in [5.41, 5.74) is 5.32. The molecule has 1 aliphatic rings. The molecule has 6 rings (SSSR count). The molecule has 1 aliphatic carbocycles. The zero-order chi connectivity index (χ0) is 24.5. The summed E-state index contributed by atoms with van der Waals surface area (Å²) < 4.78 is 7.72. The van der Waals surface area contributed by atoms with Gasteiger partial charge in [0, 0.05) is 23.5 Å². The first kappa shape index (κ1) is 22.7. The van der Waals surface area contributed by atoms with Gasteiger partial charge in [-0.15, -0.1) is 10.2 Å². The molecule has 3 aromatic heterocycles. The van der Waals surface area contributed by atoms with Gasteiger partial charge < -0.3 is 4.52 Å². The predicted octanol–water partition coefficient (Wildman–Crippen LogP) is 6.56. The summed E-state index contributed by atoms with van der Waals surface area (Å²) in [5, 5.41) is 14.5. The highest BCUT2D eigenvalue weighted by Crippen LogP contribution is 2.52. The number of benzene rings is 2. The molecule has 0 radical (unpaired) electrons. The molecule has 180 valence electrons. The zero-order valence-corrected chi connectivity index (χ0v) is 21.1. The number of aromatic nitrogens is 6. The van der Waals surface area contributed by atoms with Crippen LogP contribution in [0.25, 0.3) is 28.5 Å². The highest BCUT2D eigenvalue weighted by Gasteiger charge is 2.44. The lowest BCUT2D eigenvalue weighted by Crippen LogP contribution is -2.19. The third kappa shape index (κ3) is 4.11. The average molecular weight is 495 g/mol. The van der Waals surface area contributed by atoms with Gasteiger partial charge in [-0.3, -0.25) is 9.55 Å². The fourth-order valence-electron chi connectivity index (χ4n) is 4.76. The SMILES string of the molecule is Cc1ccc(-c2noc(C3(Sc4nnc(-c5ccncc5)n4-c4ccccc4C)CCCC3)n2)cc1. The first-order chi connectivity index (χ1) is 17.6. The molecule has 0 N–H and O–H groups in total. The first-order valence-electron chi connectivity index (χ1n) is 12.2. The number of rotatable bonds is 6. The fraction of sp³-hybridized carbons (Fsp3) is 0.250. The first-order valence-corrected chi connectivity index (χ1v) is 13.0. The van der Waals surface area contributed by atoms with Crippen LogP contribution in [0, 0.1) is 13.8 Å². The molecular weight excluding hydrogens is 468 g/mol. The van der Waals surface area contributed by atoms with Crippen molar-refractivity contribution in [3.05, 3.63) is 90.1 Å². The summed E-state index contributed by atoms with van der Waals surface area (Å²) in [4.78, 5) is 9.05. The summed E-state index contributed by atoms with van der Waals surface area (Å²) in [7, 11) is 0. The van der Waals surface area contributed by atoms with Crippen LogP contribution in [0.1, 0.15) is 42.7 Å². The Kier molecular flexibility index (Phi) is 5.89. The molecule has 36 heavy (non-hydrogen) atoms. The Labute approximate surface area is 214 Å².